The van der Waals surface area contributed by atoms with Gasteiger partial charge in [0.2, 0.25) is 0 Å². The highest BCUT2D eigenvalue weighted by molar-refractivity contribution is 7.99. The third kappa shape index (κ3) is 3.31. The number of ether oxygens (including phenoxy) is 1. The average molecular weight is 300 g/mol. The minimum atomic E-state index is -0.340. The number of hydrogen-bond acceptors (Lipinski definition) is 4. The van der Waals surface area contributed by atoms with Crippen LogP contribution in [0.5, 0.6) is 5.75 Å². The van der Waals surface area contributed by atoms with Crippen LogP contribution in [0.25, 0.3) is 10.8 Å². The average Bonchev–Trinajstić information content (AvgIpc) is 2.53. The Morgan fingerprint density at radius 2 is 1.86 bits per heavy atom. The number of hydrogen-bond donors (Lipinski definition) is 0. The third-order valence-electron chi connectivity index (χ3n) is 2.95. The molecule has 5 heteroatoms. The topological polar surface area (TPSA) is 35.0 Å². The highest BCUT2D eigenvalue weighted by Crippen LogP contribution is 2.24. The van der Waals surface area contributed by atoms with Crippen LogP contribution in [0.4, 0.5) is 4.39 Å². The standard InChI is InChI=1S/C16H13FN2OS/c17-14-7-3-4-8-15(14)20-9-10-21-16-13-6-2-1-5-12(13)11-18-19-16/h1-8,11H,9-10H2. The van der Waals surface area contributed by atoms with Gasteiger partial charge in [0.05, 0.1) is 12.8 Å². The fourth-order valence-electron chi connectivity index (χ4n) is 1.96. The molecule has 0 bridgehead atoms. The van der Waals surface area contributed by atoms with Gasteiger partial charge >= 0.3 is 0 Å². The van der Waals surface area contributed by atoms with Gasteiger partial charge in [-0.25, -0.2) is 4.39 Å². The molecule has 1 heterocycles. The molecule has 3 nitrogen and oxygen atoms in total. The SMILES string of the molecule is Fc1ccccc1OCCSc1nncc2ccccc12. The van der Waals surface area contributed by atoms with E-state index in [1.54, 1.807) is 36.2 Å². The lowest BCUT2D eigenvalue weighted by atomic mass is 10.2. The maximum Gasteiger partial charge on any atom is 0.165 e. The van der Waals surface area contributed by atoms with Crippen molar-refractivity contribution in [3.05, 3.63) is 60.5 Å². The Labute approximate surface area is 126 Å². The second-order valence-electron chi connectivity index (χ2n) is 4.36. The van der Waals surface area contributed by atoms with Crippen LogP contribution in [0.2, 0.25) is 0 Å². The lowest BCUT2D eigenvalue weighted by Gasteiger charge is -2.07. The van der Waals surface area contributed by atoms with Gasteiger partial charge in [0.1, 0.15) is 5.03 Å². The van der Waals surface area contributed by atoms with Crippen molar-refractivity contribution in [2.45, 2.75) is 5.03 Å². The van der Waals surface area contributed by atoms with Crippen LogP contribution in [0, 0.1) is 5.82 Å². The lowest BCUT2D eigenvalue weighted by Crippen LogP contribution is -2.02. The molecule has 0 aliphatic rings. The second kappa shape index (κ2) is 6.54. The second-order valence-corrected chi connectivity index (χ2v) is 5.45. The molecular weight excluding hydrogens is 287 g/mol. The Morgan fingerprint density at radius 3 is 2.76 bits per heavy atom. The highest BCUT2D eigenvalue weighted by Gasteiger charge is 2.05. The third-order valence-corrected chi connectivity index (χ3v) is 3.90. The summed E-state index contributed by atoms with van der Waals surface area (Å²) in [6.07, 6.45) is 1.75. The first-order chi connectivity index (χ1) is 10.3. The van der Waals surface area contributed by atoms with Crippen molar-refractivity contribution in [2.75, 3.05) is 12.4 Å². The fraction of sp³-hybridized carbons (Fsp3) is 0.125. The Morgan fingerprint density at radius 1 is 1.05 bits per heavy atom. The monoisotopic (exact) mass is 300 g/mol. The summed E-state index contributed by atoms with van der Waals surface area (Å²) in [5.74, 6) is 0.617. The van der Waals surface area contributed by atoms with E-state index in [2.05, 4.69) is 10.2 Å². The van der Waals surface area contributed by atoms with Gasteiger partial charge in [0.25, 0.3) is 0 Å². The number of para-hydroxylation sites is 1. The summed E-state index contributed by atoms with van der Waals surface area (Å²) in [6.45, 7) is 0.413. The number of rotatable bonds is 5. The van der Waals surface area contributed by atoms with E-state index in [1.165, 1.54) is 6.07 Å². The quantitative estimate of drug-likeness (QED) is 0.528. The van der Waals surface area contributed by atoms with E-state index in [-0.39, 0.29) is 11.6 Å². The molecule has 0 unspecified atom stereocenters. The summed E-state index contributed by atoms with van der Waals surface area (Å²) in [5, 5.41) is 11.1. The van der Waals surface area contributed by atoms with Crippen molar-refractivity contribution < 1.29 is 9.13 Å². The van der Waals surface area contributed by atoms with Crippen molar-refractivity contribution in [2.24, 2.45) is 0 Å². The summed E-state index contributed by atoms with van der Waals surface area (Å²) in [5.41, 5.74) is 0. The predicted octanol–water partition coefficient (Wildman–Crippen LogP) is 3.94. The van der Waals surface area contributed by atoms with Gasteiger partial charge in [-0.1, -0.05) is 36.4 Å². The molecule has 0 saturated carbocycles. The summed E-state index contributed by atoms with van der Waals surface area (Å²) in [6, 6.07) is 14.4. The van der Waals surface area contributed by atoms with Crippen LogP contribution in [-0.2, 0) is 0 Å². The number of halogens is 1. The van der Waals surface area contributed by atoms with Gasteiger partial charge in [-0.15, -0.1) is 16.9 Å². The van der Waals surface area contributed by atoms with E-state index in [4.69, 9.17) is 4.74 Å². The van der Waals surface area contributed by atoms with Crippen LogP contribution in [0.3, 0.4) is 0 Å². The first-order valence-electron chi connectivity index (χ1n) is 6.55. The Hall–Kier alpha value is -2.14. The molecule has 0 spiro atoms. The van der Waals surface area contributed by atoms with Crippen LogP contribution >= 0.6 is 11.8 Å². The fourth-order valence-corrected chi connectivity index (χ4v) is 2.77. The molecule has 106 valence electrons. The molecule has 0 radical (unpaired) electrons. The predicted molar refractivity (Wildman–Crippen MR) is 82.2 cm³/mol. The van der Waals surface area contributed by atoms with Gasteiger partial charge < -0.3 is 4.74 Å². The molecule has 3 aromatic rings. The Bertz CT molecular complexity index is 746. The zero-order chi connectivity index (χ0) is 14.5. The first-order valence-corrected chi connectivity index (χ1v) is 7.54. The summed E-state index contributed by atoms with van der Waals surface area (Å²) in [4.78, 5) is 0. The normalized spacial score (nSPS) is 10.7. The van der Waals surface area contributed by atoms with Gasteiger partial charge in [-0.2, -0.15) is 5.10 Å². The molecule has 0 atom stereocenters. The van der Waals surface area contributed by atoms with E-state index in [1.807, 2.05) is 24.3 Å². The first kappa shape index (κ1) is 13.8. The molecule has 2 aromatic carbocycles. The maximum atomic E-state index is 13.4. The minimum absolute atomic E-state index is 0.280. The van der Waals surface area contributed by atoms with Crippen LogP contribution < -0.4 is 4.74 Å². The summed E-state index contributed by atoms with van der Waals surface area (Å²) in [7, 11) is 0. The van der Waals surface area contributed by atoms with Crippen molar-refractivity contribution in [3.8, 4) is 5.75 Å². The molecule has 0 N–H and O–H groups in total. The molecule has 0 saturated heterocycles. The summed E-state index contributed by atoms with van der Waals surface area (Å²) >= 11 is 1.55. The number of benzene rings is 2. The number of fused-ring (bicyclic) bond motifs is 1. The lowest BCUT2D eigenvalue weighted by molar-refractivity contribution is 0.325. The van der Waals surface area contributed by atoms with E-state index < -0.39 is 0 Å². The zero-order valence-electron chi connectivity index (χ0n) is 11.2. The molecular formula is C16H13FN2OS. The van der Waals surface area contributed by atoms with E-state index >= 15 is 0 Å². The summed E-state index contributed by atoms with van der Waals surface area (Å²) < 4.78 is 18.8. The maximum absolute atomic E-state index is 13.4. The highest BCUT2D eigenvalue weighted by atomic mass is 32.2. The minimum Gasteiger partial charge on any atom is -0.490 e. The number of aromatic nitrogens is 2. The Balaban J connectivity index is 1.61. The molecule has 0 amide bonds. The molecule has 0 aliphatic carbocycles. The van der Waals surface area contributed by atoms with E-state index in [0.717, 1.165) is 15.8 Å². The van der Waals surface area contributed by atoms with Gasteiger partial charge in [0.15, 0.2) is 11.6 Å². The van der Waals surface area contributed by atoms with Crippen LogP contribution in [-0.4, -0.2) is 22.6 Å². The van der Waals surface area contributed by atoms with E-state index in [0.29, 0.717) is 12.4 Å². The van der Waals surface area contributed by atoms with Crippen molar-refractivity contribution in [1.29, 1.82) is 0 Å². The largest absolute Gasteiger partial charge is 0.490 e. The molecule has 1 aromatic heterocycles. The zero-order valence-corrected chi connectivity index (χ0v) is 12.0. The van der Waals surface area contributed by atoms with E-state index in [9.17, 15) is 4.39 Å². The van der Waals surface area contributed by atoms with Crippen molar-refractivity contribution >= 4 is 22.5 Å². The number of nitrogens with zero attached hydrogens (tertiary/aromatic N) is 2. The number of thioether (sulfide) groups is 1. The smallest absolute Gasteiger partial charge is 0.165 e. The van der Waals surface area contributed by atoms with Crippen LogP contribution in [0.1, 0.15) is 0 Å². The van der Waals surface area contributed by atoms with Gasteiger partial charge in [-0.3, -0.25) is 0 Å². The molecule has 0 aliphatic heterocycles. The Kier molecular flexibility index (Phi) is 4.31. The van der Waals surface area contributed by atoms with Gasteiger partial charge in [-0.05, 0) is 12.1 Å². The molecule has 0 fully saturated rings. The molecule has 3 rings (SSSR count). The molecule has 21 heavy (non-hydrogen) atoms. The van der Waals surface area contributed by atoms with Gasteiger partial charge in [0, 0.05) is 16.5 Å². The van der Waals surface area contributed by atoms with Crippen LogP contribution in [0.15, 0.2) is 59.8 Å². The van der Waals surface area contributed by atoms with Crippen molar-refractivity contribution in [3.63, 3.8) is 0 Å². The van der Waals surface area contributed by atoms with Crippen molar-refractivity contribution in [1.82, 2.24) is 10.2 Å².